The Labute approximate surface area is 107 Å². The predicted molar refractivity (Wildman–Crippen MR) is 74.3 cm³/mol. The van der Waals surface area contributed by atoms with Gasteiger partial charge in [-0.15, -0.1) is 0 Å². The number of aliphatic hydroxyl groups is 1. The fraction of sp³-hybridized carbons (Fsp3) is 0.462. The summed E-state index contributed by atoms with van der Waals surface area (Å²) in [7, 11) is 0. The first-order valence-corrected chi connectivity index (χ1v) is 6.28. The van der Waals surface area contributed by atoms with Crippen LogP contribution < -0.4 is 5.32 Å². The molecule has 17 heavy (non-hydrogen) atoms. The lowest BCUT2D eigenvalue weighted by molar-refractivity contribution is 0.188. The molecule has 1 fully saturated rings. The first kappa shape index (κ1) is 12.3. The normalized spacial score (nSPS) is 19.5. The molecule has 0 saturated carbocycles. The van der Waals surface area contributed by atoms with Crippen LogP contribution in [0.3, 0.4) is 0 Å². The van der Waals surface area contributed by atoms with Crippen LogP contribution in [0.5, 0.6) is 0 Å². The van der Waals surface area contributed by atoms with Crippen LogP contribution in [0.15, 0.2) is 18.2 Å². The summed E-state index contributed by atoms with van der Waals surface area (Å²) >= 11 is 5.34. The van der Waals surface area contributed by atoms with Crippen molar-refractivity contribution >= 4 is 23.0 Å². The summed E-state index contributed by atoms with van der Waals surface area (Å²) in [6.07, 6.45) is 0.559. The van der Waals surface area contributed by atoms with E-state index < -0.39 is 0 Å². The van der Waals surface area contributed by atoms with Crippen LogP contribution in [0.1, 0.15) is 17.5 Å². The van der Waals surface area contributed by atoms with E-state index in [1.54, 1.807) is 0 Å². The van der Waals surface area contributed by atoms with E-state index in [0.29, 0.717) is 11.7 Å². The minimum atomic E-state index is -0.242. The van der Waals surface area contributed by atoms with E-state index in [2.05, 4.69) is 31.3 Å². The van der Waals surface area contributed by atoms with Gasteiger partial charge in [0, 0.05) is 18.8 Å². The molecule has 0 bridgehead atoms. The van der Waals surface area contributed by atoms with Gasteiger partial charge in [0.15, 0.2) is 5.11 Å². The summed E-state index contributed by atoms with van der Waals surface area (Å²) in [5, 5.41) is 13.4. The van der Waals surface area contributed by atoms with Gasteiger partial charge in [0.1, 0.15) is 0 Å². The largest absolute Gasteiger partial charge is 0.391 e. The van der Waals surface area contributed by atoms with Crippen molar-refractivity contribution < 1.29 is 5.11 Å². The number of thiocarbonyl (C=S) groups is 1. The summed E-state index contributed by atoms with van der Waals surface area (Å²) < 4.78 is 0. The number of nitrogens with one attached hydrogen (secondary N) is 1. The fourth-order valence-corrected chi connectivity index (χ4v) is 2.35. The van der Waals surface area contributed by atoms with Crippen LogP contribution in [0.4, 0.5) is 5.69 Å². The van der Waals surface area contributed by atoms with E-state index in [0.717, 1.165) is 18.7 Å². The zero-order valence-electron chi connectivity index (χ0n) is 10.2. The Morgan fingerprint density at radius 3 is 2.82 bits per heavy atom. The van der Waals surface area contributed by atoms with Crippen molar-refractivity contribution in [2.75, 3.05) is 18.4 Å². The van der Waals surface area contributed by atoms with Crippen molar-refractivity contribution in [1.82, 2.24) is 4.90 Å². The number of hydrogen-bond acceptors (Lipinski definition) is 2. The molecule has 0 aromatic heterocycles. The molecule has 0 radical (unpaired) electrons. The van der Waals surface area contributed by atoms with Gasteiger partial charge in [-0.3, -0.25) is 0 Å². The molecule has 1 aliphatic heterocycles. The monoisotopic (exact) mass is 250 g/mol. The number of benzene rings is 1. The van der Waals surface area contributed by atoms with Crippen molar-refractivity contribution in [2.24, 2.45) is 0 Å². The molecule has 3 nitrogen and oxygen atoms in total. The first-order valence-electron chi connectivity index (χ1n) is 5.87. The average molecular weight is 250 g/mol. The lowest BCUT2D eigenvalue weighted by atomic mass is 10.1. The van der Waals surface area contributed by atoms with Gasteiger partial charge >= 0.3 is 0 Å². The molecule has 2 N–H and O–H groups in total. The smallest absolute Gasteiger partial charge is 0.173 e. The number of rotatable bonds is 1. The molecule has 0 aliphatic carbocycles. The summed E-state index contributed by atoms with van der Waals surface area (Å²) in [6.45, 7) is 5.61. The number of β-amino-alcohol motifs (C(OH)–C–C–N with tert-alkyl or cyclic N) is 1. The average Bonchev–Trinajstić information content (AvgIpc) is 2.69. The molecule has 1 aromatic rings. The number of aliphatic hydroxyl groups excluding tert-OH is 1. The molecule has 92 valence electrons. The van der Waals surface area contributed by atoms with E-state index >= 15 is 0 Å². The van der Waals surface area contributed by atoms with E-state index in [4.69, 9.17) is 12.2 Å². The van der Waals surface area contributed by atoms with Crippen LogP contribution in [0, 0.1) is 13.8 Å². The summed E-state index contributed by atoms with van der Waals surface area (Å²) in [5.41, 5.74) is 3.48. The van der Waals surface area contributed by atoms with Gasteiger partial charge in [-0.05, 0) is 44.1 Å². The van der Waals surface area contributed by atoms with E-state index in [9.17, 15) is 5.11 Å². The number of anilines is 1. The third kappa shape index (κ3) is 2.96. The molecular formula is C13H18N2OS. The number of likely N-dealkylation sites (tertiary alicyclic amines) is 1. The molecular weight excluding hydrogens is 232 g/mol. The second kappa shape index (κ2) is 5.02. The Hall–Kier alpha value is -1.13. The molecule has 1 atom stereocenters. The molecule has 1 unspecified atom stereocenters. The fourth-order valence-electron chi connectivity index (χ4n) is 2.07. The van der Waals surface area contributed by atoms with Crippen LogP contribution in [-0.4, -0.2) is 34.3 Å². The Balaban J connectivity index is 2.03. The summed E-state index contributed by atoms with van der Waals surface area (Å²) in [4.78, 5) is 2.01. The standard InChI is InChI=1S/C13H18N2OS/c1-9-3-4-12(10(2)7-9)14-13(17)15-6-5-11(16)8-15/h3-4,7,11,16H,5-6,8H2,1-2H3,(H,14,17). The molecule has 1 saturated heterocycles. The molecule has 0 spiro atoms. The van der Waals surface area contributed by atoms with Crippen LogP contribution in [0.25, 0.3) is 0 Å². The SMILES string of the molecule is Cc1ccc(NC(=S)N2CCC(O)C2)c(C)c1. The van der Waals surface area contributed by atoms with E-state index in [1.165, 1.54) is 11.1 Å². The molecule has 1 aromatic carbocycles. The molecule has 4 heteroatoms. The molecule has 1 aliphatic rings. The van der Waals surface area contributed by atoms with Crippen molar-refractivity contribution in [3.05, 3.63) is 29.3 Å². The highest BCUT2D eigenvalue weighted by atomic mass is 32.1. The number of aryl methyl sites for hydroxylation is 2. The summed E-state index contributed by atoms with van der Waals surface area (Å²) in [5.74, 6) is 0. The molecule has 1 heterocycles. The lowest BCUT2D eigenvalue weighted by Crippen LogP contribution is -2.33. The topological polar surface area (TPSA) is 35.5 Å². The van der Waals surface area contributed by atoms with E-state index in [1.807, 2.05) is 11.0 Å². The first-order chi connectivity index (χ1) is 8.06. The maximum absolute atomic E-state index is 9.48. The highest BCUT2D eigenvalue weighted by Gasteiger charge is 2.22. The van der Waals surface area contributed by atoms with Crippen LogP contribution in [-0.2, 0) is 0 Å². The second-order valence-corrected chi connectivity index (χ2v) is 5.02. The highest BCUT2D eigenvalue weighted by molar-refractivity contribution is 7.80. The maximum Gasteiger partial charge on any atom is 0.173 e. The lowest BCUT2D eigenvalue weighted by Gasteiger charge is -2.20. The Morgan fingerprint density at radius 2 is 2.24 bits per heavy atom. The zero-order valence-corrected chi connectivity index (χ0v) is 11.0. The quantitative estimate of drug-likeness (QED) is 0.748. The third-order valence-electron chi connectivity index (χ3n) is 3.07. The van der Waals surface area contributed by atoms with Crippen molar-refractivity contribution in [3.63, 3.8) is 0 Å². The van der Waals surface area contributed by atoms with Gasteiger partial charge in [0.05, 0.1) is 6.10 Å². The Morgan fingerprint density at radius 1 is 1.47 bits per heavy atom. The van der Waals surface area contributed by atoms with Gasteiger partial charge in [0.2, 0.25) is 0 Å². The van der Waals surface area contributed by atoms with Gasteiger partial charge in [0.25, 0.3) is 0 Å². The highest BCUT2D eigenvalue weighted by Crippen LogP contribution is 2.18. The molecule has 2 rings (SSSR count). The Kier molecular flexibility index (Phi) is 3.64. The maximum atomic E-state index is 9.48. The van der Waals surface area contributed by atoms with Gasteiger partial charge in [-0.1, -0.05) is 17.7 Å². The van der Waals surface area contributed by atoms with Crippen molar-refractivity contribution in [3.8, 4) is 0 Å². The minimum Gasteiger partial charge on any atom is -0.391 e. The third-order valence-corrected chi connectivity index (χ3v) is 3.43. The minimum absolute atomic E-state index is 0.242. The summed E-state index contributed by atoms with van der Waals surface area (Å²) in [6, 6.07) is 6.24. The van der Waals surface area contributed by atoms with Crippen molar-refractivity contribution in [1.29, 1.82) is 0 Å². The molecule has 0 amide bonds. The predicted octanol–water partition coefficient (Wildman–Crippen LogP) is 2.07. The van der Waals surface area contributed by atoms with Gasteiger partial charge in [-0.25, -0.2) is 0 Å². The zero-order chi connectivity index (χ0) is 12.4. The number of nitrogens with zero attached hydrogens (tertiary/aromatic N) is 1. The van der Waals surface area contributed by atoms with Crippen molar-refractivity contribution in [2.45, 2.75) is 26.4 Å². The number of hydrogen-bond donors (Lipinski definition) is 2. The van der Waals surface area contributed by atoms with Gasteiger partial charge in [-0.2, -0.15) is 0 Å². The van der Waals surface area contributed by atoms with E-state index in [-0.39, 0.29) is 6.10 Å². The second-order valence-electron chi connectivity index (χ2n) is 4.64. The van der Waals surface area contributed by atoms with Crippen LogP contribution in [0.2, 0.25) is 0 Å². The van der Waals surface area contributed by atoms with Gasteiger partial charge < -0.3 is 15.3 Å². The van der Waals surface area contributed by atoms with Crippen LogP contribution >= 0.6 is 12.2 Å². The Bertz CT molecular complexity index is 433.